The van der Waals surface area contributed by atoms with Gasteiger partial charge in [-0.25, -0.2) is 4.98 Å². The fourth-order valence-corrected chi connectivity index (χ4v) is 6.36. The number of nitrogens with zero attached hydrogens (tertiary/aromatic N) is 4. The van der Waals surface area contributed by atoms with E-state index in [1.54, 1.807) is 0 Å². The average Bonchev–Trinajstić information content (AvgIpc) is 3.47. The number of carbonyl (C=O) groups excluding carboxylic acids is 1. The van der Waals surface area contributed by atoms with E-state index in [1.807, 2.05) is 36.8 Å². The summed E-state index contributed by atoms with van der Waals surface area (Å²) in [4.78, 5) is 23.0. The van der Waals surface area contributed by atoms with Gasteiger partial charge in [0.2, 0.25) is 0 Å². The molecule has 0 aliphatic carbocycles. The maximum atomic E-state index is 13.8. The van der Waals surface area contributed by atoms with Crippen molar-refractivity contribution in [2.45, 2.75) is 51.7 Å². The minimum atomic E-state index is 0.145. The van der Waals surface area contributed by atoms with E-state index in [2.05, 4.69) is 93.9 Å². The Bertz CT molecular complexity index is 1620. The van der Waals surface area contributed by atoms with E-state index < -0.39 is 0 Å². The Labute approximate surface area is 237 Å². The first-order valence-corrected chi connectivity index (χ1v) is 14.6. The van der Waals surface area contributed by atoms with Gasteiger partial charge in [-0.1, -0.05) is 92.6 Å². The van der Waals surface area contributed by atoms with Gasteiger partial charge in [0.05, 0.1) is 12.0 Å². The summed E-state index contributed by atoms with van der Waals surface area (Å²) in [5.74, 6) is 0.145. The number of hydrogen-bond acceptors (Lipinski definition) is 3. The van der Waals surface area contributed by atoms with E-state index in [0.717, 1.165) is 61.8 Å². The second-order valence-electron chi connectivity index (χ2n) is 11.1. The molecule has 1 aliphatic heterocycles. The summed E-state index contributed by atoms with van der Waals surface area (Å²) in [7, 11) is 0. The first kappa shape index (κ1) is 26.3. The molecule has 0 radical (unpaired) electrons. The Kier molecular flexibility index (Phi) is 7.65. The quantitative estimate of drug-likeness (QED) is 0.211. The van der Waals surface area contributed by atoms with Gasteiger partial charge in [-0.05, 0) is 52.6 Å². The molecule has 5 aromatic rings. The predicted molar refractivity (Wildman–Crippen MR) is 164 cm³/mol. The number of fused-ring (bicyclic) bond motifs is 2. The molecule has 0 bridgehead atoms. The first-order chi connectivity index (χ1) is 19.6. The summed E-state index contributed by atoms with van der Waals surface area (Å²) >= 11 is 0. The van der Waals surface area contributed by atoms with Crippen LogP contribution in [0.3, 0.4) is 0 Å². The third kappa shape index (κ3) is 5.26. The molecule has 1 unspecified atom stereocenters. The van der Waals surface area contributed by atoms with Crippen LogP contribution in [-0.2, 0) is 6.54 Å². The van der Waals surface area contributed by atoms with Crippen molar-refractivity contribution in [3.8, 4) is 0 Å². The maximum absolute atomic E-state index is 13.8. The van der Waals surface area contributed by atoms with Crippen LogP contribution < -0.4 is 0 Å². The van der Waals surface area contributed by atoms with Crippen LogP contribution >= 0.6 is 0 Å². The fraction of sp³-hybridized carbons (Fsp3) is 0.314. The van der Waals surface area contributed by atoms with Crippen LogP contribution in [0.25, 0.3) is 21.5 Å². The zero-order valence-electron chi connectivity index (χ0n) is 23.5. The molecule has 4 aromatic carbocycles. The minimum absolute atomic E-state index is 0.145. The number of benzene rings is 4. The van der Waals surface area contributed by atoms with Gasteiger partial charge in [0, 0.05) is 50.0 Å². The summed E-state index contributed by atoms with van der Waals surface area (Å²) in [6.45, 7) is 7.68. The topological polar surface area (TPSA) is 41.4 Å². The second kappa shape index (κ2) is 11.6. The van der Waals surface area contributed by atoms with E-state index in [0.29, 0.717) is 6.04 Å². The van der Waals surface area contributed by atoms with Gasteiger partial charge < -0.3 is 9.47 Å². The van der Waals surface area contributed by atoms with Crippen LogP contribution in [-0.4, -0.2) is 50.9 Å². The fourth-order valence-electron chi connectivity index (χ4n) is 6.36. The normalized spacial score (nSPS) is 16.9. The van der Waals surface area contributed by atoms with Crippen LogP contribution in [0.2, 0.25) is 0 Å². The number of hydrogen-bond donors (Lipinski definition) is 0. The second-order valence-corrected chi connectivity index (χ2v) is 11.1. The number of unbranched alkanes of at least 4 members (excludes halogenated alkanes) is 1. The van der Waals surface area contributed by atoms with Crippen molar-refractivity contribution in [3.05, 3.63) is 114 Å². The summed E-state index contributed by atoms with van der Waals surface area (Å²) in [6.07, 6.45) is 7.37. The lowest BCUT2D eigenvalue weighted by atomic mass is 9.99. The van der Waals surface area contributed by atoms with Crippen LogP contribution in [0.1, 0.15) is 60.8 Å². The molecule has 6 rings (SSSR count). The van der Waals surface area contributed by atoms with E-state index >= 15 is 0 Å². The van der Waals surface area contributed by atoms with Crippen molar-refractivity contribution < 1.29 is 4.79 Å². The van der Waals surface area contributed by atoms with Crippen molar-refractivity contribution in [1.82, 2.24) is 19.4 Å². The molecular formula is C35H38N4O. The first-order valence-electron chi connectivity index (χ1n) is 14.6. The van der Waals surface area contributed by atoms with Crippen molar-refractivity contribution in [2.75, 3.05) is 19.6 Å². The molecular weight excluding hydrogens is 492 g/mol. The van der Waals surface area contributed by atoms with Crippen LogP contribution in [0.4, 0.5) is 0 Å². The van der Waals surface area contributed by atoms with E-state index in [-0.39, 0.29) is 11.9 Å². The molecule has 204 valence electrons. The molecule has 0 spiro atoms. The Morgan fingerprint density at radius 3 is 2.55 bits per heavy atom. The average molecular weight is 531 g/mol. The Balaban J connectivity index is 1.21. The van der Waals surface area contributed by atoms with E-state index in [1.165, 1.54) is 22.0 Å². The largest absolute Gasteiger partial charge is 0.336 e. The molecule has 5 heteroatoms. The monoisotopic (exact) mass is 530 g/mol. The molecule has 1 aliphatic rings. The Morgan fingerprint density at radius 2 is 1.70 bits per heavy atom. The number of carbonyl (C=O) groups is 1. The summed E-state index contributed by atoms with van der Waals surface area (Å²) in [5, 5.41) is 4.68. The van der Waals surface area contributed by atoms with Crippen molar-refractivity contribution in [2.24, 2.45) is 0 Å². The molecule has 1 amide bonds. The van der Waals surface area contributed by atoms with Crippen molar-refractivity contribution in [1.29, 1.82) is 0 Å². The molecule has 40 heavy (non-hydrogen) atoms. The highest BCUT2D eigenvalue weighted by atomic mass is 16.2. The Hall–Kier alpha value is -3.96. The number of aromatic nitrogens is 2. The number of amides is 1. The molecule has 1 aromatic heterocycles. The highest BCUT2D eigenvalue weighted by Crippen LogP contribution is 2.30. The highest BCUT2D eigenvalue weighted by Gasteiger charge is 2.34. The molecule has 1 fully saturated rings. The van der Waals surface area contributed by atoms with Crippen LogP contribution in [0, 0.1) is 0 Å². The summed E-state index contributed by atoms with van der Waals surface area (Å²) in [6, 6.07) is 30.0. The third-order valence-corrected chi connectivity index (χ3v) is 8.56. The number of piperazine rings is 1. The minimum Gasteiger partial charge on any atom is -0.336 e. The zero-order valence-corrected chi connectivity index (χ0v) is 23.5. The van der Waals surface area contributed by atoms with Crippen LogP contribution in [0.5, 0.6) is 0 Å². The standard InChI is InChI=1S/C35H38N4O/c1-3-4-14-31-24-37(35(40)33-16-9-13-29-11-7-8-15-32(29)33)19-20-39(31)26(2)34-22-36-25-38(34)23-27-17-18-28-10-5-6-12-30(28)21-27/h5-13,15-18,21-22,25-26,31H,3-4,14,19-20,23-24H2,1-2H3/t26?,31-/m0/s1. The Morgan fingerprint density at radius 1 is 0.925 bits per heavy atom. The smallest absolute Gasteiger partial charge is 0.254 e. The summed E-state index contributed by atoms with van der Waals surface area (Å²) < 4.78 is 2.29. The number of imidazole rings is 1. The van der Waals surface area contributed by atoms with Gasteiger partial charge in [0.15, 0.2) is 0 Å². The van der Waals surface area contributed by atoms with Gasteiger partial charge in [0.25, 0.3) is 5.91 Å². The lowest BCUT2D eigenvalue weighted by Crippen LogP contribution is -2.55. The lowest BCUT2D eigenvalue weighted by Gasteiger charge is -2.44. The molecule has 2 atom stereocenters. The van der Waals surface area contributed by atoms with Gasteiger partial charge in [-0.15, -0.1) is 0 Å². The molecule has 5 nitrogen and oxygen atoms in total. The van der Waals surface area contributed by atoms with Gasteiger partial charge in [-0.2, -0.15) is 0 Å². The van der Waals surface area contributed by atoms with Crippen molar-refractivity contribution in [3.63, 3.8) is 0 Å². The molecule has 1 saturated heterocycles. The van der Waals surface area contributed by atoms with Crippen LogP contribution in [0.15, 0.2) is 97.5 Å². The third-order valence-electron chi connectivity index (χ3n) is 8.56. The highest BCUT2D eigenvalue weighted by molar-refractivity contribution is 6.07. The maximum Gasteiger partial charge on any atom is 0.254 e. The van der Waals surface area contributed by atoms with Gasteiger partial charge in [0.1, 0.15) is 0 Å². The SMILES string of the molecule is CCCC[C@H]1CN(C(=O)c2cccc3ccccc23)CCN1C(C)c1cncn1Cc1ccc2ccccc2c1. The molecule has 0 N–H and O–H groups in total. The number of rotatable bonds is 8. The van der Waals surface area contributed by atoms with Gasteiger partial charge >= 0.3 is 0 Å². The molecule has 2 heterocycles. The predicted octanol–water partition coefficient (Wildman–Crippen LogP) is 7.32. The molecule has 0 saturated carbocycles. The lowest BCUT2D eigenvalue weighted by molar-refractivity contribution is 0.0307. The van der Waals surface area contributed by atoms with Gasteiger partial charge in [-0.3, -0.25) is 9.69 Å². The van der Waals surface area contributed by atoms with Crippen molar-refractivity contribution >= 4 is 27.5 Å². The van der Waals surface area contributed by atoms with E-state index in [9.17, 15) is 4.79 Å². The van der Waals surface area contributed by atoms with E-state index in [4.69, 9.17) is 0 Å². The summed E-state index contributed by atoms with van der Waals surface area (Å²) in [5.41, 5.74) is 3.31. The zero-order chi connectivity index (χ0) is 27.5.